The second-order valence-electron chi connectivity index (χ2n) is 4.35. The van der Waals surface area contributed by atoms with Gasteiger partial charge in [-0.2, -0.15) is 0 Å². The van der Waals surface area contributed by atoms with E-state index in [1.54, 1.807) is 36.4 Å². The topological polar surface area (TPSA) is 77.2 Å². The summed E-state index contributed by atoms with van der Waals surface area (Å²) < 4.78 is 4.84. The second kappa shape index (κ2) is 6.44. The number of nitrogens with zero attached hydrogens (tertiary/aromatic N) is 1. The van der Waals surface area contributed by atoms with Crippen LogP contribution >= 0.6 is 0 Å². The molecule has 5 nitrogen and oxygen atoms in total. The Morgan fingerprint density at radius 1 is 1.33 bits per heavy atom. The van der Waals surface area contributed by atoms with Gasteiger partial charge >= 0.3 is 5.97 Å². The normalized spacial score (nSPS) is 9.71. The molecule has 0 saturated carbocycles. The predicted octanol–water partition coefficient (Wildman–Crippen LogP) is 2.51. The number of nitrogens with two attached hydrogens (primary N) is 1. The molecule has 2 rings (SSSR count). The van der Waals surface area contributed by atoms with Gasteiger partial charge in [-0.15, -0.1) is 6.42 Å². The summed E-state index contributed by atoms with van der Waals surface area (Å²) in [4.78, 5) is 15.9. The molecule has 0 bridgehead atoms. The molecule has 0 radical (unpaired) electrons. The van der Waals surface area contributed by atoms with E-state index in [1.807, 2.05) is 6.92 Å². The quantitative estimate of drug-likeness (QED) is 0.665. The first-order chi connectivity index (χ1) is 10.1. The van der Waals surface area contributed by atoms with Crippen LogP contribution in [0, 0.1) is 19.3 Å². The van der Waals surface area contributed by atoms with Gasteiger partial charge in [-0.3, -0.25) is 0 Å². The third-order valence-electron chi connectivity index (χ3n) is 2.81. The molecular weight excluding hydrogens is 266 g/mol. The molecule has 0 fully saturated rings. The zero-order valence-electron chi connectivity index (χ0n) is 11.6. The minimum absolute atomic E-state index is 0.0343. The van der Waals surface area contributed by atoms with Gasteiger partial charge in [0.15, 0.2) is 6.61 Å². The van der Waals surface area contributed by atoms with Crippen molar-refractivity contribution in [1.82, 2.24) is 4.98 Å². The van der Waals surface area contributed by atoms with Crippen LogP contribution in [0.25, 0.3) is 0 Å². The fourth-order valence-electron chi connectivity index (χ4n) is 1.67. The Bertz CT molecular complexity index is 688. The average Bonchev–Trinajstić information content (AvgIpc) is 2.49. The van der Waals surface area contributed by atoms with Crippen LogP contribution in [0.4, 0.5) is 17.2 Å². The Kier molecular flexibility index (Phi) is 4.42. The largest absolute Gasteiger partial charge is 0.449 e. The van der Waals surface area contributed by atoms with Crippen molar-refractivity contribution in [1.29, 1.82) is 0 Å². The van der Waals surface area contributed by atoms with Crippen LogP contribution in [0.1, 0.15) is 16.1 Å². The van der Waals surface area contributed by atoms with Gasteiger partial charge in [-0.05, 0) is 43.3 Å². The van der Waals surface area contributed by atoms with Crippen molar-refractivity contribution >= 4 is 23.2 Å². The number of carbonyl (C=O) groups is 1. The highest BCUT2D eigenvalue weighted by atomic mass is 16.5. The van der Waals surface area contributed by atoms with Crippen LogP contribution in [0.15, 0.2) is 36.4 Å². The molecule has 0 amide bonds. The minimum atomic E-state index is -0.444. The smallest absolute Gasteiger partial charge is 0.339 e. The van der Waals surface area contributed by atoms with Crippen LogP contribution < -0.4 is 11.1 Å². The average molecular weight is 281 g/mol. The molecule has 106 valence electrons. The Balaban J connectivity index is 2.07. The highest BCUT2D eigenvalue weighted by molar-refractivity contribution is 5.90. The Morgan fingerprint density at radius 2 is 2.05 bits per heavy atom. The van der Waals surface area contributed by atoms with Crippen LogP contribution in [0.3, 0.4) is 0 Å². The van der Waals surface area contributed by atoms with Crippen LogP contribution in [0.5, 0.6) is 0 Å². The van der Waals surface area contributed by atoms with Crippen molar-refractivity contribution in [3.63, 3.8) is 0 Å². The number of anilines is 3. The number of esters is 1. The predicted molar refractivity (Wildman–Crippen MR) is 82.2 cm³/mol. The first-order valence-electron chi connectivity index (χ1n) is 6.31. The molecule has 0 unspecified atom stereocenters. The highest BCUT2D eigenvalue weighted by Crippen LogP contribution is 2.18. The minimum Gasteiger partial charge on any atom is -0.449 e. The lowest BCUT2D eigenvalue weighted by molar-refractivity contribution is 0.0557. The number of rotatable bonds is 4. The molecule has 5 heteroatoms. The number of carbonyl (C=O) groups excluding carboxylic acids is 1. The molecule has 1 aromatic heterocycles. The summed E-state index contributed by atoms with van der Waals surface area (Å²) in [6.45, 7) is 1.80. The van der Waals surface area contributed by atoms with E-state index in [4.69, 9.17) is 16.9 Å². The Morgan fingerprint density at radius 3 is 2.67 bits per heavy atom. The molecule has 3 N–H and O–H groups in total. The number of hydrogen-bond donors (Lipinski definition) is 2. The van der Waals surface area contributed by atoms with E-state index in [0.29, 0.717) is 17.1 Å². The monoisotopic (exact) mass is 281 g/mol. The summed E-state index contributed by atoms with van der Waals surface area (Å²) in [6.07, 6.45) is 5.03. The van der Waals surface area contributed by atoms with Gasteiger partial charge in [0.25, 0.3) is 0 Å². The zero-order chi connectivity index (χ0) is 15.2. The fraction of sp³-hybridized carbons (Fsp3) is 0.125. The number of hydrogen-bond acceptors (Lipinski definition) is 5. The van der Waals surface area contributed by atoms with E-state index in [1.165, 1.54) is 0 Å². The van der Waals surface area contributed by atoms with Crippen molar-refractivity contribution in [2.24, 2.45) is 0 Å². The van der Waals surface area contributed by atoms with E-state index >= 15 is 0 Å². The molecule has 2 aromatic rings. The van der Waals surface area contributed by atoms with E-state index in [2.05, 4.69) is 16.2 Å². The molecule has 0 saturated heterocycles. The molecule has 0 spiro atoms. The molecule has 0 aliphatic carbocycles. The number of aromatic nitrogens is 1. The summed E-state index contributed by atoms with van der Waals surface area (Å²) >= 11 is 0. The number of nitrogens with one attached hydrogen (secondary N) is 1. The van der Waals surface area contributed by atoms with Crippen molar-refractivity contribution < 1.29 is 9.53 Å². The second-order valence-corrected chi connectivity index (χ2v) is 4.35. The van der Waals surface area contributed by atoms with Crippen LogP contribution in [-0.4, -0.2) is 17.6 Å². The summed E-state index contributed by atoms with van der Waals surface area (Å²) in [6, 6.07) is 10.4. The summed E-state index contributed by atoms with van der Waals surface area (Å²) in [5.74, 6) is 2.49. The third-order valence-corrected chi connectivity index (χ3v) is 2.81. The van der Waals surface area contributed by atoms with E-state index in [9.17, 15) is 4.79 Å². The third kappa shape index (κ3) is 3.74. The van der Waals surface area contributed by atoms with E-state index in [-0.39, 0.29) is 6.61 Å². The van der Waals surface area contributed by atoms with Crippen LogP contribution in [0.2, 0.25) is 0 Å². The van der Waals surface area contributed by atoms with Crippen molar-refractivity contribution in [2.45, 2.75) is 6.92 Å². The first-order valence-corrected chi connectivity index (χ1v) is 6.31. The maximum atomic E-state index is 11.6. The van der Waals surface area contributed by atoms with Gasteiger partial charge in [0, 0.05) is 5.69 Å². The van der Waals surface area contributed by atoms with Gasteiger partial charge in [0.2, 0.25) is 0 Å². The summed E-state index contributed by atoms with van der Waals surface area (Å²) in [5.41, 5.74) is 8.37. The maximum Gasteiger partial charge on any atom is 0.339 e. The molecule has 0 atom stereocenters. The molecule has 0 aliphatic rings. The molecule has 21 heavy (non-hydrogen) atoms. The van der Waals surface area contributed by atoms with Gasteiger partial charge in [-0.1, -0.05) is 5.92 Å². The number of nitrogen functional groups attached to an aromatic ring is 1. The Labute approximate surface area is 123 Å². The number of terminal acetylenes is 1. The maximum absolute atomic E-state index is 11.6. The van der Waals surface area contributed by atoms with Crippen molar-refractivity contribution in [2.75, 3.05) is 17.7 Å². The van der Waals surface area contributed by atoms with Crippen molar-refractivity contribution in [3.05, 3.63) is 47.7 Å². The van der Waals surface area contributed by atoms with Gasteiger partial charge < -0.3 is 15.8 Å². The van der Waals surface area contributed by atoms with Gasteiger partial charge in [0.1, 0.15) is 5.82 Å². The Hall–Kier alpha value is -3.00. The number of benzene rings is 1. The molecule has 1 heterocycles. The highest BCUT2D eigenvalue weighted by Gasteiger charge is 2.06. The van der Waals surface area contributed by atoms with Gasteiger partial charge in [0.05, 0.1) is 16.9 Å². The number of aryl methyl sites for hydroxylation is 1. The van der Waals surface area contributed by atoms with Crippen molar-refractivity contribution in [3.8, 4) is 12.3 Å². The molecule has 0 aliphatic heterocycles. The first kappa shape index (κ1) is 14.4. The standard InChI is InChI=1S/C16H15N3O2/c1-3-10-21-16(20)12-4-6-13(7-5-12)19-15-9-8-14(17)11(2)18-15/h1,4-9H,10,17H2,2H3,(H,18,19). The lowest BCUT2D eigenvalue weighted by atomic mass is 10.2. The van der Waals surface area contributed by atoms with Crippen LogP contribution in [-0.2, 0) is 4.74 Å². The number of ether oxygens (including phenoxy) is 1. The summed E-state index contributed by atoms with van der Waals surface area (Å²) in [7, 11) is 0. The summed E-state index contributed by atoms with van der Waals surface area (Å²) in [5, 5.41) is 3.13. The van der Waals surface area contributed by atoms with E-state index < -0.39 is 5.97 Å². The lowest BCUT2D eigenvalue weighted by Gasteiger charge is -2.08. The molecular formula is C16H15N3O2. The number of pyridine rings is 1. The fourth-order valence-corrected chi connectivity index (χ4v) is 1.67. The molecule has 1 aromatic carbocycles. The zero-order valence-corrected chi connectivity index (χ0v) is 11.6. The van der Waals surface area contributed by atoms with Gasteiger partial charge in [-0.25, -0.2) is 9.78 Å². The lowest BCUT2D eigenvalue weighted by Crippen LogP contribution is -2.05. The van der Waals surface area contributed by atoms with E-state index in [0.717, 1.165) is 11.4 Å². The SMILES string of the molecule is C#CCOC(=O)c1ccc(Nc2ccc(N)c(C)n2)cc1.